The molecule has 1 aliphatic heterocycles. The fraction of sp³-hybridized carbons (Fsp3) is 0.368. The molecule has 2 heterocycles. The molecule has 1 aliphatic rings. The summed E-state index contributed by atoms with van der Waals surface area (Å²) >= 11 is 0. The van der Waals surface area contributed by atoms with E-state index in [0.29, 0.717) is 16.9 Å². The van der Waals surface area contributed by atoms with Gasteiger partial charge in [-0.2, -0.15) is 0 Å². The number of fused-ring (bicyclic) bond motifs is 1. The Balaban J connectivity index is 2.29. The molecule has 0 radical (unpaired) electrons. The van der Waals surface area contributed by atoms with Gasteiger partial charge in [0.2, 0.25) is 0 Å². The van der Waals surface area contributed by atoms with Crippen molar-refractivity contribution in [3.63, 3.8) is 0 Å². The van der Waals surface area contributed by atoms with E-state index in [9.17, 15) is 14.7 Å². The van der Waals surface area contributed by atoms with E-state index in [2.05, 4.69) is 0 Å². The smallest absolute Gasteiger partial charge is 0.337 e. The van der Waals surface area contributed by atoms with Gasteiger partial charge in [0.25, 0.3) is 5.56 Å². The summed E-state index contributed by atoms with van der Waals surface area (Å²) in [6.45, 7) is 5.17. The summed E-state index contributed by atoms with van der Waals surface area (Å²) in [5, 5.41) is 11.3. The number of ether oxygens (including phenoxy) is 2. The van der Waals surface area contributed by atoms with Gasteiger partial charge in [-0.15, -0.1) is 0 Å². The van der Waals surface area contributed by atoms with Crippen molar-refractivity contribution < 1.29 is 19.4 Å². The molecule has 0 fully saturated rings. The lowest BCUT2D eigenvalue weighted by Crippen LogP contribution is -2.60. The van der Waals surface area contributed by atoms with E-state index in [0.717, 1.165) is 0 Å². The zero-order valence-corrected chi connectivity index (χ0v) is 14.6. The molecular formula is C19H21NO5. The van der Waals surface area contributed by atoms with Gasteiger partial charge in [0.15, 0.2) is 0 Å². The first-order valence-electron chi connectivity index (χ1n) is 8.00. The SMILES string of the molecule is COC(=O)c1ccc2c(c1)C(n1ccccc1=O)C(C)(O)C(C)(C)O2. The Hall–Kier alpha value is -2.60. The van der Waals surface area contributed by atoms with Gasteiger partial charge in [0.05, 0.1) is 18.7 Å². The highest BCUT2D eigenvalue weighted by atomic mass is 16.5. The molecule has 3 rings (SSSR count). The van der Waals surface area contributed by atoms with E-state index in [1.807, 2.05) is 0 Å². The Morgan fingerprint density at radius 1 is 1.24 bits per heavy atom. The lowest BCUT2D eigenvalue weighted by molar-refractivity contribution is -0.139. The maximum atomic E-state index is 12.4. The van der Waals surface area contributed by atoms with Crippen LogP contribution in [0.5, 0.6) is 5.75 Å². The van der Waals surface area contributed by atoms with Crippen molar-refractivity contribution >= 4 is 5.97 Å². The first-order chi connectivity index (χ1) is 11.7. The molecule has 0 saturated carbocycles. The molecule has 0 bridgehead atoms. The van der Waals surface area contributed by atoms with Crippen LogP contribution in [0.15, 0.2) is 47.4 Å². The number of esters is 1. The molecule has 0 saturated heterocycles. The summed E-state index contributed by atoms with van der Waals surface area (Å²) in [5.74, 6) is 0.0244. The lowest BCUT2D eigenvalue weighted by Gasteiger charge is -2.49. The number of aromatic nitrogens is 1. The molecule has 6 nitrogen and oxygen atoms in total. The highest BCUT2D eigenvalue weighted by Crippen LogP contribution is 2.47. The molecular weight excluding hydrogens is 322 g/mol. The highest BCUT2D eigenvalue weighted by Gasteiger charge is 2.53. The van der Waals surface area contributed by atoms with Gasteiger partial charge in [-0.25, -0.2) is 4.79 Å². The fourth-order valence-electron chi connectivity index (χ4n) is 3.18. The molecule has 25 heavy (non-hydrogen) atoms. The number of benzene rings is 1. The summed E-state index contributed by atoms with van der Waals surface area (Å²) in [5.41, 5.74) is -1.72. The molecule has 1 aromatic carbocycles. The summed E-state index contributed by atoms with van der Waals surface area (Å²) in [7, 11) is 1.30. The minimum Gasteiger partial charge on any atom is -0.484 e. The molecule has 2 unspecified atom stereocenters. The highest BCUT2D eigenvalue weighted by molar-refractivity contribution is 5.89. The number of carbonyl (C=O) groups is 1. The van der Waals surface area contributed by atoms with Crippen LogP contribution in [0.1, 0.15) is 42.7 Å². The Morgan fingerprint density at radius 2 is 1.96 bits per heavy atom. The zero-order chi connectivity index (χ0) is 18.4. The summed E-state index contributed by atoms with van der Waals surface area (Å²) in [4.78, 5) is 24.3. The molecule has 1 aromatic heterocycles. The minimum atomic E-state index is -1.40. The van der Waals surface area contributed by atoms with Crippen LogP contribution in [0.3, 0.4) is 0 Å². The van der Waals surface area contributed by atoms with Crippen molar-refractivity contribution in [1.29, 1.82) is 0 Å². The molecule has 2 aromatic rings. The van der Waals surface area contributed by atoms with Crippen LogP contribution < -0.4 is 10.3 Å². The van der Waals surface area contributed by atoms with Gasteiger partial charge in [0.1, 0.15) is 17.0 Å². The maximum absolute atomic E-state index is 12.4. The van der Waals surface area contributed by atoms with E-state index < -0.39 is 23.2 Å². The number of aliphatic hydroxyl groups is 1. The number of carbonyl (C=O) groups excluding carboxylic acids is 1. The third kappa shape index (κ3) is 2.62. The second kappa shape index (κ2) is 5.74. The Morgan fingerprint density at radius 3 is 2.60 bits per heavy atom. The van der Waals surface area contributed by atoms with E-state index >= 15 is 0 Å². The van der Waals surface area contributed by atoms with Gasteiger partial charge in [-0.1, -0.05) is 6.07 Å². The van der Waals surface area contributed by atoms with Crippen LogP contribution in [0.2, 0.25) is 0 Å². The van der Waals surface area contributed by atoms with Crippen molar-refractivity contribution in [3.8, 4) is 5.75 Å². The van der Waals surface area contributed by atoms with Crippen LogP contribution in [0.25, 0.3) is 0 Å². The normalized spacial score (nSPS) is 24.1. The lowest BCUT2D eigenvalue weighted by atomic mass is 9.75. The van der Waals surface area contributed by atoms with Crippen LogP contribution in [0, 0.1) is 0 Å². The number of methoxy groups -OCH3 is 1. The summed E-state index contributed by atoms with van der Waals surface area (Å²) in [6.07, 6.45) is 1.62. The third-order valence-electron chi connectivity index (χ3n) is 4.97. The maximum Gasteiger partial charge on any atom is 0.337 e. The van der Waals surface area contributed by atoms with E-state index in [-0.39, 0.29) is 5.56 Å². The Bertz CT molecular complexity index is 881. The zero-order valence-electron chi connectivity index (χ0n) is 14.6. The van der Waals surface area contributed by atoms with Crippen molar-refractivity contribution in [1.82, 2.24) is 4.57 Å². The number of hydrogen-bond donors (Lipinski definition) is 1. The van der Waals surface area contributed by atoms with Crippen LogP contribution >= 0.6 is 0 Å². The first kappa shape index (κ1) is 17.2. The molecule has 2 atom stereocenters. The van der Waals surface area contributed by atoms with Crippen molar-refractivity contribution in [3.05, 3.63) is 64.1 Å². The minimum absolute atomic E-state index is 0.250. The quantitative estimate of drug-likeness (QED) is 0.846. The molecule has 0 spiro atoms. The monoisotopic (exact) mass is 343 g/mol. The molecule has 0 aliphatic carbocycles. The Kier molecular flexibility index (Phi) is 3.95. The molecule has 6 heteroatoms. The first-order valence-corrected chi connectivity index (χ1v) is 8.00. The second-order valence-electron chi connectivity index (χ2n) is 6.85. The van der Waals surface area contributed by atoms with Crippen molar-refractivity contribution in [2.45, 2.75) is 38.0 Å². The average molecular weight is 343 g/mol. The Labute approximate surface area is 145 Å². The van der Waals surface area contributed by atoms with Gasteiger partial charge < -0.3 is 19.1 Å². The van der Waals surface area contributed by atoms with E-state index in [1.54, 1.807) is 57.3 Å². The standard InChI is InChI=1S/C19H21NO5/c1-18(2)19(3,23)16(20-10-6-5-7-15(20)21)13-11-12(17(22)24-4)8-9-14(13)25-18/h5-11,16,23H,1-4H3. The van der Waals surface area contributed by atoms with Gasteiger partial charge in [-0.3, -0.25) is 4.79 Å². The van der Waals surface area contributed by atoms with Gasteiger partial charge >= 0.3 is 5.97 Å². The molecule has 0 amide bonds. The van der Waals surface area contributed by atoms with E-state index in [4.69, 9.17) is 9.47 Å². The number of rotatable bonds is 2. The predicted molar refractivity (Wildman–Crippen MR) is 92.0 cm³/mol. The van der Waals surface area contributed by atoms with Gasteiger partial charge in [0, 0.05) is 17.8 Å². The summed E-state index contributed by atoms with van der Waals surface area (Å²) < 4.78 is 12.2. The number of hydrogen-bond acceptors (Lipinski definition) is 5. The topological polar surface area (TPSA) is 77.8 Å². The van der Waals surface area contributed by atoms with Crippen LogP contribution in [-0.4, -0.2) is 34.0 Å². The van der Waals surface area contributed by atoms with Crippen molar-refractivity contribution in [2.75, 3.05) is 7.11 Å². The molecule has 1 N–H and O–H groups in total. The average Bonchev–Trinajstić information content (AvgIpc) is 2.56. The van der Waals surface area contributed by atoms with Crippen LogP contribution in [0.4, 0.5) is 0 Å². The largest absolute Gasteiger partial charge is 0.484 e. The number of nitrogens with zero attached hydrogens (tertiary/aromatic N) is 1. The molecule has 132 valence electrons. The van der Waals surface area contributed by atoms with E-state index in [1.165, 1.54) is 17.7 Å². The van der Waals surface area contributed by atoms with Crippen LogP contribution in [-0.2, 0) is 4.74 Å². The predicted octanol–water partition coefficient (Wildman–Crippen LogP) is 2.15. The van der Waals surface area contributed by atoms with Gasteiger partial charge in [-0.05, 0) is 45.0 Å². The third-order valence-corrected chi connectivity index (χ3v) is 4.97. The van der Waals surface area contributed by atoms with Crippen molar-refractivity contribution in [2.24, 2.45) is 0 Å². The summed E-state index contributed by atoms with van der Waals surface area (Å²) in [6, 6.07) is 8.96. The number of pyridine rings is 1. The second-order valence-corrected chi connectivity index (χ2v) is 6.85. The fourth-order valence-corrected chi connectivity index (χ4v) is 3.18.